The molecule has 0 aromatic heterocycles. The first-order chi connectivity index (χ1) is 6.56. The van der Waals surface area contributed by atoms with Crippen LogP contribution in [0.4, 0.5) is 4.39 Å². The molecular weight excluding hydrogens is 181 g/mol. The lowest BCUT2D eigenvalue weighted by molar-refractivity contribution is 0.134. The first-order valence-electron chi connectivity index (χ1n) is 5.41. The van der Waals surface area contributed by atoms with E-state index in [0.29, 0.717) is 12.6 Å². The molecule has 1 saturated heterocycles. The topological polar surface area (TPSA) is 12.5 Å². The van der Waals surface area contributed by atoms with Gasteiger partial charge in [0, 0.05) is 20.2 Å². The van der Waals surface area contributed by atoms with Crippen LogP contribution in [-0.2, 0) is 4.74 Å². The van der Waals surface area contributed by atoms with Gasteiger partial charge in [-0.1, -0.05) is 13.8 Å². The van der Waals surface area contributed by atoms with Gasteiger partial charge in [0.25, 0.3) is 0 Å². The van der Waals surface area contributed by atoms with Crippen LogP contribution in [0.15, 0.2) is 0 Å². The fraction of sp³-hybridized carbons (Fsp3) is 1.00. The van der Waals surface area contributed by atoms with Crippen LogP contribution in [0, 0.1) is 0 Å². The van der Waals surface area contributed by atoms with Gasteiger partial charge >= 0.3 is 0 Å². The summed E-state index contributed by atoms with van der Waals surface area (Å²) in [5, 5.41) is 0. The Morgan fingerprint density at radius 3 is 1.86 bits per heavy atom. The normalized spacial score (nSPS) is 21.0. The molecule has 0 radical (unpaired) electrons. The van der Waals surface area contributed by atoms with Crippen molar-refractivity contribution in [3.05, 3.63) is 0 Å². The van der Waals surface area contributed by atoms with E-state index in [0.717, 1.165) is 13.0 Å². The summed E-state index contributed by atoms with van der Waals surface area (Å²) in [6.07, 6.45) is 0.566. The highest BCUT2D eigenvalue weighted by Crippen LogP contribution is 2.08. The van der Waals surface area contributed by atoms with Crippen LogP contribution in [0.5, 0.6) is 0 Å². The molecule has 88 valence electrons. The molecule has 0 aromatic carbocycles. The summed E-state index contributed by atoms with van der Waals surface area (Å²) in [6, 6.07) is 0. The molecule has 1 atom stereocenters. The fourth-order valence-electron chi connectivity index (χ4n) is 0.881. The molecule has 0 spiro atoms. The van der Waals surface area contributed by atoms with E-state index in [9.17, 15) is 4.39 Å². The number of alkyl halides is 1. The average molecular weight is 207 g/mol. The van der Waals surface area contributed by atoms with Crippen molar-refractivity contribution < 1.29 is 9.13 Å². The SMILES string of the molecule is CC.CN1CCC(F)C1.COC(C)C. The van der Waals surface area contributed by atoms with Crippen molar-refractivity contribution in [2.24, 2.45) is 0 Å². The van der Waals surface area contributed by atoms with Crippen molar-refractivity contribution in [1.29, 1.82) is 0 Å². The Morgan fingerprint density at radius 2 is 1.79 bits per heavy atom. The van der Waals surface area contributed by atoms with Crippen molar-refractivity contribution in [1.82, 2.24) is 4.90 Å². The van der Waals surface area contributed by atoms with Gasteiger partial charge in [-0.3, -0.25) is 0 Å². The summed E-state index contributed by atoms with van der Waals surface area (Å²) < 4.78 is 16.9. The number of nitrogens with zero attached hydrogens (tertiary/aromatic N) is 1. The molecule has 0 aliphatic carbocycles. The molecular formula is C11H26FNO. The smallest absolute Gasteiger partial charge is 0.114 e. The van der Waals surface area contributed by atoms with Crippen LogP contribution in [0.2, 0.25) is 0 Å². The van der Waals surface area contributed by atoms with Crippen molar-refractivity contribution in [3.63, 3.8) is 0 Å². The number of hydrogen-bond acceptors (Lipinski definition) is 2. The summed E-state index contributed by atoms with van der Waals surface area (Å²) >= 11 is 0. The van der Waals surface area contributed by atoms with Crippen molar-refractivity contribution in [2.45, 2.75) is 46.4 Å². The van der Waals surface area contributed by atoms with E-state index in [1.54, 1.807) is 7.11 Å². The zero-order valence-corrected chi connectivity index (χ0v) is 10.5. The summed E-state index contributed by atoms with van der Waals surface area (Å²) in [6.45, 7) is 9.57. The number of hydrogen-bond donors (Lipinski definition) is 0. The highest BCUT2D eigenvalue weighted by atomic mass is 19.1. The second-order valence-corrected chi connectivity index (χ2v) is 3.43. The molecule has 2 nitrogen and oxygen atoms in total. The molecule has 0 aromatic rings. The van der Waals surface area contributed by atoms with Gasteiger partial charge in [0.05, 0.1) is 6.10 Å². The third-order valence-corrected chi connectivity index (χ3v) is 1.81. The second-order valence-electron chi connectivity index (χ2n) is 3.43. The molecule has 1 fully saturated rings. The zero-order valence-electron chi connectivity index (χ0n) is 10.5. The second kappa shape index (κ2) is 10.9. The maximum atomic E-state index is 12.1. The van der Waals surface area contributed by atoms with E-state index in [-0.39, 0.29) is 0 Å². The first-order valence-corrected chi connectivity index (χ1v) is 5.41. The Balaban J connectivity index is 0. The highest BCUT2D eigenvalue weighted by molar-refractivity contribution is 4.70. The summed E-state index contributed by atoms with van der Waals surface area (Å²) in [5.41, 5.74) is 0. The predicted octanol–water partition coefficient (Wildman–Crippen LogP) is 2.73. The summed E-state index contributed by atoms with van der Waals surface area (Å²) in [5.74, 6) is 0. The van der Waals surface area contributed by atoms with Crippen molar-refractivity contribution >= 4 is 0 Å². The molecule has 0 bridgehead atoms. The van der Waals surface area contributed by atoms with Gasteiger partial charge in [0.1, 0.15) is 6.17 Å². The summed E-state index contributed by atoms with van der Waals surface area (Å²) in [4.78, 5) is 2.00. The van der Waals surface area contributed by atoms with Crippen LogP contribution in [0.25, 0.3) is 0 Å². The van der Waals surface area contributed by atoms with Gasteiger partial charge in [0.2, 0.25) is 0 Å². The number of ether oxygens (including phenoxy) is 1. The summed E-state index contributed by atoms with van der Waals surface area (Å²) in [7, 11) is 3.64. The van der Waals surface area contributed by atoms with Crippen molar-refractivity contribution in [2.75, 3.05) is 27.2 Å². The standard InChI is InChI=1S/C5H10FN.C4H10O.C2H6/c1-7-3-2-5(6)4-7;1-4(2)5-3;1-2/h5H,2-4H2,1H3;4H,1-3H3;1-2H3. The monoisotopic (exact) mass is 207 g/mol. The Morgan fingerprint density at radius 1 is 1.36 bits per heavy atom. The van der Waals surface area contributed by atoms with E-state index in [1.807, 2.05) is 39.6 Å². The van der Waals surface area contributed by atoms with Crippen molar-refractivity contribution in [3.8, 4) is 0 Å². The van der Waals surface area contributed by atoms with Crippen LogP contribution in [-0.4, -0.2) is 44.4 Å². The zero-order chi connectivity index (χ0) is 11.6. The van der Waals surface area contributed by atoms with Crippen LogP contribution >= 0.6 is 0 Å². The Kier molecular flexibility index (Phi) is 12.7. The number of likely N-dealkylation sites (tertiary alicyclic amines) is 1. The molecule has 0 amide bonds. The lowest BCUT2D eigenvalue weighted by atomic mass is 10.4. The number of rotatable bonds is 1. The molecule has 0 saturated carbocycles. The molecule has 1 rings (SSSR count). The Bertz CT molecular complexity index is 101. The minimum atomic E-state index is -0.551. The fourth-order valence-corrected chi connectivity index (χ4v) is 0.881. The van der Waals surface area contributed by atoms with Gasteiger partial charge < -0.3 is 9.64 Å². The third kappa shape index (κ3) is 11.8. The first kappa shape index (κ1) is 16.3. The molecule has 1 aliphatic rings. The third-order valence-electron chi connectivity index (χ3n) is 1.81. The minimum absolute atomic E-state index is 0.384. The minimum Gasteiger partial charge on any atom is -0.382 e. The largest absolute Gasteiger partial charge is 0.382 e. The van der Waals surface area contributed by atoms with E-state index >= 15 is 0 Å². The molecule has 0 N–H and O–H groups in total. The molecule has 14 heavy (non-hydrogen) atoms. The molecule has 3 heteroatoms. The Labute approximate surface area is 88.4 Å². The van der Waals surface area contributed by atoms with E-state index < -0.39 is 6.17 Å². The van der Waals surface area contributed by atoms with E-state index in [4.69, 9.17) is 4.74 Å². The predicted molar refractivity (Wildman–Crippen MR) is 60.5 cm³/mol. The highest BCUT2D eigenvalue weighted by Gasteiger charge is 2.17. The van der Waals surface area contributed by atoms with Crippen LogP contribution in [0.3, 0.4) is 0 Å². The molecule has 1 unspecified atom stereocenters. The van der Waals surface area contributed by atoms with Gasteiger partial charge in [-0.25, -0.2) is 4.39 Å². The van der Waals surface area contributed by atoms with E-state index in [2.05, 4.69) is 0 Å². The molecule has 1 heterocycles. The molecule has 1 aliphatic heterocycles. The van der Waals surface area contributed by atoms with E-state index in [1.165, 1.54) is 0 Å². The van der Waals surface area contributed by atoms with Crippen LogP contribution in [0.1, 0.15) is 34.1 Å². The van der Waals surface area contributed by atoms with Gasteiger partial charge in [-0.2, -0.15) is 0 Å². The van der Waals surface area contributed by atoms with Crippen LogP contribution < -0.4 is 0 Å². The average Bonchev–Trinajstić information content (AvgIpc) is 2.54. The number of halogens is 1. The van der Waals surface area contributed by atoms with Gasteiger partial charge in [-0.05, 0) is 27.3 Å². The lowest BCUT2D eigenvalue weighted by Gasteiger charge is -2.01. The lowest BCUT2D eigenvalue weighted by Crippen LogP contribution is -2.13. The number of methoxy groups -OCH3 is 1. The Hall–Kier alpha value is -0.150. The quantitative estimate of drug-likeness (QED) is 0.655. The maximum Gasteiger partial charge on any atom is 0.114 e. The van der Waals surface area contributed by atoms with Gasteiger partial charge in [-0.15, -0.1) is 0 Å². The van der Waals surface area contributed by atoms with Gasteiger partial charge in [0.15, 0.2) is 0 Å². The maximum absolute atomic E-state index is 12.1.